The van der Waals surface area contributed by atoms with Gasteiger partial charge in [-0.3, -0.25) is 14.7 Å². The SMILES string of the molecule is CN=C(NCCN1CCN(C(=O)C2CCC2)CC1)N1CCC(c2ccccc2)C(C)C1.I. The van der Waals surface area contributed by atoms with Gasteiger partial charge in [0.2, 0.25) is 5.91 Å². The molecule has 178 valence electrons. The van der Waals surface area contributed by atoms with Crippen LogP contribution in [0.4, 0.5) is 0 Å². The lowest BCUT2D eigenvalue weighted by molar-refractivity contribution is -0.139. The molecule has 6 nitrogen and oxygen atoms in total. The smallest absolute Gasteiger partial charge is 0.225 e. The molecule has 1 N–H and O–H groups in total. The van der Waals surface area contributed by atoms with Crippen molar-refractivity contribution in [3.8, 4) is 0 Å². The van der Waals surface area contributed by atoms with Gasteiger partial charge in [-0.1, -0.05) is 43.7 Å². The molecule has 2 unspecified atom stereocenters. The molecule has 4 rings (SSSR count). The number of piperazine rings is 1. The van der Waals surface area contributed by atoms with Crippen molar-refractivity contribution in [2.24, 2.45) is 16.8 Å². The summed E-state index contributed by atoms with van der Waals surface area (Å²) in [4.78, 5) is 23.9. The molecule has 0 radical (unpaired) electrons. The summed E-state index contributed by atoms with van der Waals surface area (Å²) in [5, 5.41) is 3.59. The van der Waals surface area contributed by atoms with E-state index < -0.39 is 0 Å². The molecule has 1 aromatic carbocycles. The highest BCUT2D eigenvalue weighted by Gasteiger charge is 2.31. The summed E-state index contributed by atoms with van der Waals surface area (Å²) >= 11 is 0. The molecule has 7 heteroatoms. The number of nitrogens with zero attached hydrogens (tertiary/aromatic N) is 4. The molecule has 2 heterocycles. The first-order chi connectivity index (χ1) is 15.2. The molecule has 1 saturated carbocycles. The van der Waals surface area contributed by atoms with Gasteiger partial charge in [-0.25, -0.2) is 0 Å². The maximum Gasteiger partial charge on any atom is 0.225 e. The van der Waals surface area contributed by atoms with E-state index in [4.69, 9.17) is 0 Å². The molecule has 2 aliphatic heterocycles. The number of hydrogen-bond acceptors (Lipinski definition) is 3. The zero-order valence-electron chi connectivity index (χ0n) is 19.7. The highest BCUT2D eigenvalue weighted by atomic mass is 127. The van der Waals surface area contributed by atoms with Gasteiger partial charge in [0.1, 0.15) is 0 Å². The summed E-state index contributed by atoms with van der Waals surface area (Å²) < 4.78 is 0. The summed E-state index contributed by atoms with van der Waals surface area (Å²) in [5.41, 5.74) is 1.47. The molecule has 3 fully saturated rings. The Labute approximate surface area is 210 Å². The van der Waals surface area contributed by atoms with Crippen molar-refractivity contribution in [2.75, 3.05) is 59.4 Å². The second-order valence-electron chi connectivity index (χ2n) is 9.50. The highest BCUT2D eigenvalue weighted by molar-refractivity contribution is 14.0. The Hall–Kier alpha value is -1.35. The van der Waals surface area contributed by atoms with Gasteiger partial charge in [-0.15, -0.1) is 24.0 Å². The molecule has 1 aromatic rings. The Morgan fingerprint density at radius 3 is 2.34 bits per heavy atom. The molecule has 2 atom stereocenters. The Bertz CT molecular complexity index is 746. The minimum Gasteiger partial charge on any atom is -0.355 e. The Morgan fingerprint density at radius 2 is 1.75 bits per heavy atom. The molecule has 1 amide bonds. The number of carbonyl (C=O) groups excluding carboxylic acids is 1. The standard InChI is InChI=1S/C25H39N5O.HI/c1-20-19-30(13-11-23(20)21-7-4-3-5-8-21)25(26-2)27-12-14-28-15-17-29(18-16-28)24(31)22-9-6-10-22;/h3-5,7-8,20,22-23H,6,9-19H2,1-2H3,(H,26,27);1H. The van der Waals surface area contributed by atoms with Crippen LogP contribution >= 0.6 is 24.0 Å². The van der Waals surface area contributed by atoms with Crippen molar-refractivity contribution in [1.82, 2.24) is 20.0 Å². The van der Waals surface area contributed by atoms with Crippen LogP contribution in [0.1, 0.15) is 44.1 Å². The van der Waals surface area contributed by atoms with E-state index in [1.165, 1.54) is 18.4 Å². The molecule has 3 aliphatic rings. The van der Waals surface area contributed by atoms with E-state index in [0.717, 1.165) is 71.2 Å². The number of likely N-dealkylation sites (tertiary alicyclic amines) is 1. The second kappa shape index (κ2) is 12.2. The fraction of sp³-hybridized carbons (Fsp3) is 0.680. The second-order valence-corrected chi connectivity index (χ2v) is 9.50. The van der Waals surface area contributed by atoms with E-state index in [1.54, 1.807) is 0 Å². The quantitative estimate of drug-likeness (QED) is 0.346. The van der Waals surface area contributed by atoms with E-state index in [1.807, 2.05) is 7.05 Å². The van der Waals surface area contributed by atoms with Gasteiger partial charge in [0.05, 0.1) is 0 Å². The zero-order valence-corrected chi connectivity index (χ0v) is 22.0. The maximum atomic E-state index is 12.4. The predicted octanol–water partition coefficient (Wildman–Crippen LogP) is 3.25. The van der Waals surface area contributed by atoms with Crippen molar-refractivity contribution in [2.45, 2.75) is 38.5 Å². The normalized spacial score (nSPS) is 25.1. The Balaban J connectivity index is 0.00000289. The molecule has 0 spiro atoms. The average Bonchev–Trinajstić information content (AvgIpc) is 2.76. The number of carbonyl (C=O) groups is 1. The van der Waals surface area contributed by atoms with Crippen molar-refractivity contribution in [3.05, 3.63) is 35.9 Å². The largest absolute Gasteiger partial charge is 0.355 e. The van der Waals surface area contributed by atoms with Gasteiger partial charge in [0, 0.05) is 65.3 Å². The van der Waals surface area contributed by atoms with Gasteiger partial charge in [0.15, 0.2) is 5.96 Å². The van der Waals surface area contributed by atoms with Crippen LogP contribution in [0.2, 0.25) is 0 Å². The highest BCUT2D eigenvalue weighted by Crippen LogP contribution is 2.32. The lowest BCUT2D eigenvalue weighted by Crippen LogP contribution is -2.53. The minimum absolute atomic E-state index is 0. The number of rotatable bonds is 5. The van der Waals surface area contributed by atoms with E-state index >= 15 is 0 Å². The molecular formula is C25H40IN5O. The molecular weight excluding hydrogens is 513 g/mol. The van der Waals surface area contributed by atoms with Gasteiger partial charge in [-0.2, -0.15) is 0 Å². The Morgan fingerprint density at radius 1 is 1.03 bits per heavy atom. The number of benzene rings is 1. The Kier molecular flexibility index (Phi) is 9.64. The van der Waals surface area contributed by atoms with Crippen LogP contribution in [-0.2, 0) is 4.79 Å². The first-order valence-electron chi connectivity index (χ1n) is 12.2. The van der Waals surface area contributed by atoms with E-state index in [0.29, 0.717) is 23.7 Å². The fourth-order valence-corrected chi connectivity index (χ4v) is 5.30. The lowest BCUT2D eigenvalue weighted by atomic mass is 9.82. The summed E-state index contributed by atoms with van der Waals surface area (Å²) in [6.45, 7) is 10.1. The number of aliphatic imine (C=N–C) groups is 1. The average molecular weight is 554 g/mol. The van der Waals surface area contributed by atoms with Crippen molar-refractivity contribution in [3.63, 3.8) is 0 Å². The van der Waals surface area contributed by atoms with Crippen LogP contribution in [0.5, 0.6) is 0 Å². The number of nitrogens with one attached hydrogen (secondary N) is 1. The zero-order chi connectivity index (χ0) is 21.6. The monoisotopic (exact) mass is 553 g/mol. The summed E-state index contributed by atoms with van der Waals surface area (Å²) in [6.07, 6.45) is 4.60. The fourth-order valence-electron chi connectivity index (χ4n) is 5.30. The molecule has 0 aromatic heterocycles. The minimum atomic E-state index is 0. The van der Waals surface area contributed by atoms with E-state index in [2.05, 4.69) is 62.3 Å². The topological polar surface area (TPSA) is 51.2 Å². The van der Waals surface area contributed by atoms with Crippen molar-refractivity contribution < 1.29 is 4.79 Å². The van der Waals surface area contributed by atoms with Gasteiger partial charge < -0.3 is 15.1 Å². The summed E-state index contributed by atoms with van der Waals surface area (Å²) in [6, 6.07) is 10.9. The van der Waals surface area contributed by atoms with E-state index in [9.17, 15) is 4.79 Å². The number of hydrogen-bond donors (Lipinski definition) is 1. The third-order valence-electron chi connectivity index (χ3n) is 7.49. The van der Waals surface area contributed by atoms with Crippen LogP contribution in [0.25, 0.3) is 0 Å². The van der Waals surface area contributed by atoms with Gasteiger partial charge in [-0.05, 0) is 36.7 Å². The third-order valence-corrected chi connectivity index (χ3v) is 7.49. The van der Waals surface area contributed by atoms with Gasteiger partial charge >= 0.3 is 0 Å². The van der Waals surface area contributed by atoms with E-state index in [-0.39, 0.29) is 24.0 Å². The number of piperidine rings is 1. The molecule has 1 aliphatic carbocycles. The van der Waals surface area contributed by atoms with Crippen LogP contribution in [0, 0.1) is 11.8 Å². The van der Waals surface area contributed by atoms with Crippen LogP contribution < -0.4 is 5.32 Å². The van der Waals surface area contributed by atoms with Crippen LogP contribution in [0.15, 0.2) is 35.3 Å². The summed E-state index contributed by atoms with van der Waals surface area (Å²) in [7, 11) is 1.89. The van der Waals surface area contributed by atoms with Crippen molar-refractivity contribution >= 4 is 35.8 Å². The maximum absolute atomic E-state index is 12.4. The first kappa shape index (κ1) is 25.3. The lowest BCUT2D eigenvalue weighted by Gasteiger charge is -2.39. The predicted molar refractivity (Wildman–Crippen MR) is 142 cm³/mol. The van der Waals surface area contributed by atoms with Crippen molar-refractivity contribution in [1.29, 1.82) is 0 Å². The first-order valence-corrected chi connectivity index (χ1v) is 12.2. The van der Waals surface area contributed by atoms with Gasteiger partial charge in [0.25, 0.3) is 0 Å². The molecule has 2 saturated heterocycles. The third kappa shape index (κ3) is 6.16. The van der Waals surface area contributed by atoms with Crippen LogP contribution in [-0.4, -0.2) is 86.0 Å². The molecule has 0 bridgehead atoms. The number of guanidine groups is 1. The summed E-state index contributed by atoms with van der Waals surface area (Å²) in [5.74, 6) is 2.99. The van der Waals surface area contributed by atoms with Crippen LogP contribution in [0.3, 0.4) is 0 Å². The number of halogens is 1. The number of amides is 1. The molecule has 32 heavy (non-hydrogen) atoms.